The minimum Gasteiger partial charge on any atom is -0.384 e. The molecule has 1 aliphatic rings. The Morgan fingerprint density at radius 1 is 1.33 bits per heavy atom. The van der Waals surface area contributed by atoms with Crippen molar-refractivity contribution < 1.29 is 4.39 Å². The lowest BCUT2D eigenvalue weighted by atomic mass is 9.99. The van der Waals surface area contributed by atoms with E-state index in [0.717, 1.165) is 37.5 Å². The van der Waals surface area contributed by atoms with Crippen molar-refractivity contribution in [1.82, 2.24) is 4.90 Å². The molecular formula is C17H24FN3. The summed E-state index contributed by atoms with van der Waals surface area (Å²) in [5.74, 6) is 0.516. The number of nitrogens with one attached hydrogen (secondary N) is 1. The van der Waals surface area contributed by atoms with Gasteiger partial charge < -0.3 is 10.2 Å². The van der Waals surface area contributed by atoms with Crippen LogP contribution < -0.4 is 5.32 Å². The molecule has 0 aromatic heterocycles. The predicted molar refractivity (Wildman–Crippen MR) is 83.7 cm³/mol. The van der Waals surface area contributed by atoms with Crippen LogP contribution in [0.25, 0.3) is 0 Å². The van der Waals surface area contributed by atoms with Crippen molar-refractivity contribution in [3.63, 3.8) is 0 Å². The molecule has 1 heterocycles. The van der Waals surface area contributed by atoms with Gasteiger partial charge in [0.05, 0.1) is 11.3 Å². The number of hydrogen-bond donors (Lipinski definition) is 1. The summed E-state index contributed by atoms with van der Waals surface area (Å²) in [6.45, 7) is 6.76. The van der Waals surface area contributed by atoms with E-state index in [2.05, 4.69) is 17.1 Å². The number of rotatable bonds is 6. The van der Waals surface area contributed by atoms with E-state index in [-0.39, 0.29) is 5.82 Å². The van der Waals surface area contributed by atoms with Gasteiger partial charge in [-0.05, 0) is 69.4 Å². The van der Waals surface area contributed by atoms with Gasteiger partial charge in [0.15, 0.2) is 0 Å². The molecule has 0 amide bonds. The van der Waals surface area contributed by atoms with Gasteiger partial charge in [-0.15, -0.1) is 0 Å². The van der Waals surface area contributed by atoms with Gasteiger partial charge in [0, 0.05) is 6.54 Å². The molecule has 0 unspecified atom stereocenters. The molecule has 1 aromatic rings. The highest BCUT2D eigenvalue weighted by Gasteiger charge is 2.14. The Hall–Kier alpha value is -1.60. The van der Waals surface area contributed by atoms with Gasteiger partial charge in [-0.25, -0.2) is 4.39 Å². The smallest absolute Gasteiger partial charge is 0.124 e. The van der Waals surface area contributed by atoms with Crippen LogP contribution in [0.15, 0.2) is 18.2 Å². The summed E-state index contributed by atoms with van der Waals surface area (Å²) in [5, 5.41) is 12.2. The molecule has 2 rings (SSSR count). The van der Waals surface area contributed by atoms with Crippen molar-refractivity contribution in [2.75, 3.05) is 31.5 Å². The SMILES string of the molecule is CC1CCN(CCCCNc2ccc(F)cc2C#N)CC1. The highest BCUT2D eigenvalue weighted by atomic mass is 19.1. The fourth-order valence-corrected chi connectivity index (χ4v) is 2.73. The topological polar surface area (TPSA) is 39.1 Å². The van der Waals surface area contributed by atoms with Crippen LogP contribution in [0.1, 0.15) is 38.2 Å². The third-order valence-corrected chi connectivity index (χ3v) is 4.19. The van der Waals surface area contributed by atoms with Gasteiger partial charge in [-0.1, -0.05) is 6.92 Å². The molecule has 1 N–H and O–H groups in total. The molecule has 0 aliphatic carbocycles. The van der Waals surface area contributed by atoms with E-state index in [1.165, 1.54) is 38.1 Å². The van der Waals surface area contributed by atoms with E-state index in [1.807, 2.05) is 6.07 Å². The summed E-state index contributed by atoms with van der Waals surface area (Å²) >= 11 is 0. The van der Waals surface area contributed by atoms with Gasteiger partial charge in [0.1, 0.15) is 11.9 Å². The predicted octanol–water partition coefficient (Wildman–Crippen LogP) is 3.62. The first-order valence-electron chi connectivity index (χ1n) is 7.85. The van der Waals surface area contributed by atoms with E-state index < -0.39 is 0 Å². The summed E-state index contributed by atoms with van der Waals surface area (Å²) in [6, 6.07) is 6.32. The third-order valence-electron chi connectivity index (χ3n) is 4.19. The van der Waals surface area contributed by atoms with Gasteiger partial charge in [0.2, 0.25) is 0 Å². The summed E-state index contributed by atoms with van der Waals surface area (Å²) in [7, 11) is 0. The maximum Gasteiger partial charge on any atom is 0.124 e. The number of benzene rings is 1. The molecule has 0 bridgehead atoms. The Bertz CT molecular complexity index is 487. The first-order valence-corrected chi connectivity index (χ1v) is 7.85. The number of nitrogens with zero attached hydrogens (tertiary/aromatic N) is 2. The second-order valence-electron chi connectivity index (χ2n) is 5.96. The molecule has 3 nitrogen and oxygen atoms in total. The van der Waals surface area contributed by atoms with Crippen LogP contribution in [0.4, 0.5) is 10.1 Å². The van der Waals surface area contributed by atoms with E-state index in [1.54, 1.807) is 6.07 Å². The number of piperidine rings is 1. The summed E-state index contributed by atoms with van der Waals surface area (Å²) in [5.41, 5.74) is 1.10. The van der Waals surface area contributed by atoms with Crippen molar-refractivity contribution in [2.45, 2.75) is 32.6 Å². The van der Waals surface area contributed by atoms with Crippen LogP contribution in [0, 0.1) is 23.1 Å². The highest BCUT2D eigenvalue weighted by molar-refractivity contribution is 5.57. The molecule has 1 saturated heterocycles. The van der Waals surface area contributed by atoms with Crippen LogP contribution in [0.2, 0.25) is 0 Å². The van der Waals surface area contributed by atoms with E-state index in [0.29, 0.717) is 5.56 Å². The number of unbranched alkanes of at least 4 members (excludes halogenated alkanes) is 1. The monoisotopic (exact) mass is 289 g/mol. The lowest BCUT2D eigenvalue weighted by Crippen LogP contribution is -2.33. The quantitative estimate of drug-likeness (QED) is 0.813. The normalized spacial score (nSPS) is 16.6. The summed E-state index contributed by atoms with van der Waals surface area (Å²) < 4.78 is 13.0. The number of hydrogen-bond acceptors (Lipinski definition) is 3. The Labute approximate surface area is 126 Å². The molecule has 0 spiro atoms. The molecule has 114 valence electrons. The molecule has 4 heteroatoms. The second kappa shape index (κ2) is 7.99. The second-order valence-corrected chi connectivity index (χ2v) is 5.96. The van der Waals surface area contributed by atoms with Gasteiger partial charge in [-0.3, -0.25) is 0 Å². The van der Waals surface area contributed by atoms with E-state index in [9.17, 15) is 4.39 Å². The number of halogens is 1. The Kier molecular flexibility index (Phi) is 6.01. The highest BCUT2D eigenvalue weighted by Crippen LogP contribution is 2.17. The van der Waals surface area contributed by atoms with Crippen LogP contribution in [0.5, 0.6) is 0 Å². The number of anilines is 1. The maximum absolute atomic E-state index is 13.0. The van der Waals surface area contributed by atoms with Gasteiger partial charge in [-0.2, -0.15) is 5.26 Å². The lowest BCUT2D eigenvalue weighted by molar-refractivity contribution is 0.190. The average Bonchev–Trinajstić information content (AvgIpc) is 2.50. The minimum absolute atomic E-state index is 0.364. The molecule has 0 radical (unpaired) electrons. The fourth-order valence-electron chi connectivity index (χ4n) is 2.73. The summed E-state index contributed by atoms with van der Waals surface area (Å²) in [4.78, 5) is 2.54. The van der Waals surface area contributed by atoms with Crippen molar-refractivity contribution in [1.29, 1.82) is 5.26 Å². The standard InChI is InChI=1S/C17H24FN3/c1-14-6-10-21(11-7-14)9-3-2-8-20-17-5-4-16(18)12-15(17)13-19/h4-5,12,14,20H,2-3,6-11H2,1H3. The van der Waals surface area contributed by atoms with Crippen LogP contribution in [0.3, 0.4) is 0 Å². The van der Waals surface area contributed by atoms with Crippen molar-refractivity contribution in [3.05, 3.63) is 29.6 Å². The van der Waals surface area contributed by atoms with Crippen molar-refractivity contribution in [2.24, 2.45) is 5.92 Å². The van der Waals surface area contributed by atoms with Crippen LogP contribution in [-0.2, 0) is 0 Å². The maximum atomic E-state index is 13.0. The Balaban J connectivity index is 1.65. The molecule has 0 saturated carbocycles. The molecule has 1 fully saturated rings. The zero-order chi connectivity index (χ0) is 15.1. The Morgan fingerprint density at radius 2 is 2.10 bits per heavy atom. The average molecular weight is 289 g/mol. The van der Waals surface area contributed by atoms with Crippen LogP contribution >= 0.6 is 0 Å². The zero-order valence-electron chi connectivity index (χ0n) is 12.7. The molecule has 1 aliphatic heterocycles. The van der Waals surface area contributed by atoms with Crippen molar-refractivity contribution in [3.8, 4) is 6.07 Å². The largest absolute Gasteiger partial charge is 0.384 e. The Morgan fingerprint density at radius 3 is 2.81 bits per heavy atom. The first-order chi connectivity index (χ1) is 10.2. The minimum atomic E-state index is -0.364. The van der Waals surface area contributed by atoms with Gasteiger partial charge >= 0.3 is 0 Å². The molecule has 21 heavy (non-hydrogen) atoms. The third kappa shape index (κ3) is 5.02. The fraction of sp³-hybridized carbons (Fsp3) is 0.588. The molecular weight excluding hydrogens is 265 g/mol. The number of nitriles is 1. The van der Waals surface area contributed by atoms with Crippen LogP contribution in [-0.4, -0.2) is 31.1 Å². The van der Waals surface area contributed by atoms with Crippen molar-refractivity contribution >= 4 is 5.69 Å². The summed E-state index contributed by atoms with van der Waals surface area (Å²) in [6.07, 6.45) is 4.86. The number of likely N-dealkylation sites (tertiary alicyclic amines) is 1. The van der Waals surface area contributed by atoms with Gasteiger partial charge in [0.25, 0.3) is 0 Å². The first kappa shape index (κ1) is 15.8. The van der Waals surface area contributed by atoms with E-state index >= 15 is 0 Å². The molecule has 1 aromatic carbocycles. The zero-order valence-corrected chi connectivity index (χ0v) is 12.7. The van der Waals surface area contributed by atoms with E-state index in [4.69, 9.17) is 5.26 Å². The lowest BCUT2D eigenvalue weighted by Gasteiger charge is -2.30. The molecule has 0 atom stereocenters.